The lowest BCUT2D eigenvalue weighted by atomic mass is 10.1. The van der Waals surface area contributed by atoms with Crippen molar-refractivity contribution in [2.24, 2.45) is 11.5 Å². The fraction of sp³-hybridized carbons (Fsp3) is 1.00. The van der Waals surface area contributed by atoms with E-state index in [1.54, 1.807) is 0 Å². The van der Waals surface area contributed by atoms with Crippen molar-refractivity contribution in [3.63, 3.8) is 0 Å². The highest BCUT2D eigenvalue weighted by molar-refractivity contribution is 4.70. The second-order valence-corrected chi connectivity index (χ2v) is 4.21. The smallest absolute Gasteiger partial charge is 0.0165 e. The van der Waals surface area contributed by atoms with Gasteiger partial charge in [-0.25, -0.2) is 0 Å². The van der Waals surface area contributed by atoms with Crippen LogP contribution in [0.1, 0.15) is 25.7 Å². The van der Waals surface area contributed by atoms with E-state index in [4.69, 9.17) is 11.5 Å². The van der Waals surface area contributed by atoms with E-state index in [-0.39, 0.29) is 0 Å². The van der Waals surface area contributed by atoms with Crippen LogP contribution in [0.2, 0.25) is 0 Å². The van der Waals surface area contributed by atoms with Crippen molar-refractivity contribution in [1.82, 2.24) is 10.6 Å². The number of nitrogens with two attached hydrogens (primary N) is 2. The summed E-state index contributed by atoms with van der Waals surface area (Å²) in [5.74, 6) is 0. The molecule has 2 unspecified atom stereocenters. The molecule has 2 saturated heterocycles. The average Bonchev–Trinajstić information content (AvgIpc) is 2.21. The molecule has 0 saturated carbocycles. The minimum Gasteiger partial charge on any atom is -0.327 e. The van der Waals surface area contributed by atoms with E-state index in [1.807, 2.05) is 0 Å². The Hall–Kier alpha value is -0.160. The minimum atomic E-state index is 0.425. The Bertz CT molecular complexity index is 112. The van der Waals surface area contributed by atoms with Crippen molar-refractivity contribution in [2.75, 3.05) is 26.2 Å². The summed E-state index contributed by atoms with van der Waals surface area (Å²) in [4.78, 5) is 0. The Morgan fingerprint density at radius 2 is 1.21 bits per heavy atom. The maximum atomic E-state index is 5.57. The molecule has 0 aromatic rings. The average molecular weight is 200 g/mol. The first-order chi connectivity index (χ1) is 6.79. The first kappa shape index (κ1) is 11.9. The Kier molecular flexibility index (Phi) is 6.10. The topological polar surface area (TPSA) is 76.1 Å². The number of rotatable bonds is 0. The standard InChI is InChI=1S/2C5H12N2/c2*6-5-2-1-3-7-4-5/h2*5,7H,1-4,6H2. The van der Waals surface area contributed by atoms with Crippen LogP contribution in [0.25, 0.3) is 0 Å². The van der Waals surface area contributed by atoms with Crippen LogP contribution in [0.5, 0.6) is 0 Å². The highest BCUT2D eigenvalue weighted by atomic mass is 14.9. The molecule has 6 N–H and O–H groups in total. The van der Waals surface area contributed by atoms with Gasteiger partial charge in [-0.05, 0) is 38.8 Å². The van der Waals surface area contributed by atoms with Gasteiger partial charge in [0.25, 0.3) is 0 Å². The van der Waals surface area contributed by atoms with Crippen LogP contribution in [0.15, 0.2) is 0 Å². The zero-order chi connectivity index (χ0) is 10.2. The third kappa shape index (κ3) is 5.54. The Labute approximate surface area is 86.8 Å². The fourth-order valence-corrected chi connectivity index (χ4v) is 1.76. The third-order valence-corrected chi connectivity index (χ3v) is 2.67. The molecule has 2 fully saturated rings. The second kappa shape index (κ2) is 7.17. The Balaban J connectivity index is 0.000000140. The molecule has 84 valence electrons. The summed E-state index contributed by atoms with van der Waals surface area (Å²) in [5, 5.41) is 6.42. The minimum absolute atomic E-state index is 0.425. The Morgan fingerprint density at radius 3 is 1.36 bits per heavy atom. The first-order valence-electron chi connectivity index (χ1n) is 5.71. The molecule has 2 aliphatic rings. The van der Waals surface area contributed by atoms with Gasteiger partial charge in [-0.15, -0.1) is 0 Å². The van der Waals surface area contributed by atoms with Crippen LogP contribution in [-0.2, 0) is 0 Å². The number of hydrogen-bond donors (Lipinski definition) is 4. The highest BCUT2D eigenvalue weighted by Crippen LogP contribution is 1.96. The molecule has 4 nitrogen and oxygen atoms in total. The van der Waals surface area contributed by atoms with Gasteiger partial charge in [0.15, 0.2) is 0 Å². The van der Waals surface area contributed by atoms with Gasteiger partial charge < -0.3 is 22.1 Å². The normalized spacial score (nSPS) is 33.0. The molecular formula is C10H24N4. The van der Waals surface area contributed by atoms with E-state index in [0.29, 0.717) is 12.1 Å². The van der Waals surface area contributed by atoms with Crippen LogP contribution in [0.3, 0.4) is 0 Å². The first-order valence-corrected chi connectivity index (χ1v) is 5.71. The summed E-state index contributed by atoms with van der Waals surface area (Å²) in [7, 11) is 0. The van der Waals surface area contributed by atoms with E-state index in [2.05, 4.69) is 10.6 Å². The van der Waals surface area contributed by atoms with Crippen LogP contribution in [0.4, 0.5) is 0 Å². The molecule has 14 heavy (non-hydrogen) atoms. The van der Waals surface area contributed by atoms with Crippen molar-refractivity contribution in [1.29, 1.82) is 0 Å². The lowest BCUT2D eigenvalue weighted by Crippen LogP contribution is -2.39. The van der Waals surface area contributed by atoms with Crippen molar-refractivity contribution in [3.05, 3.63) is 0 Å². The summed E-state index contributed by atoms with van der Waals surface area (Å²) in [5.41, 5.74) is 11.1. The highest BCUT2D eigenvalue weighted by Gasteiger charge is 2.05. The molecular weight excluding hydrogens is 176 g/mol. The summed E-state index contributed by atoms with van der Waals surface area (Å²) in [6.45, 7) is 4.35. The lowest BCUT2D eigenvalue weighted by molar-refractivity contribution is 0.459. The quantitative estimate of drug-likeness (QED) is 0.421. The van der Waals surface area contributed by atoms with Crippen molar-refractivity contribution >= 4 is 0 Å². The van der Waals surface area contributed by atoms with Crippen molar-refractivity contribution < 1.29 is 0 Å². The van der Waals surface area contributed by atoms with Gasteiger partial charge in [0, 0.05) is 25.2 Å². The molecule has 2 atom stereocenters. The molecule has 2 aliphatic heterocycles. The number of hydrogen-bond acceptors (Lipinski definition) is 4. The fourth-order valence-electron chi connectivity index (χ4n) is 1.76. The molecule has 4 heteroatoms. The van der Waals surface area contributed by atoms with E-state index >= 15 is 0 Å². The number of piperidine rings is 2. The lowest BCUT2D eigenvalue weighted by Gasteiger charge is -2.17. The molecule has 2 heterocycles. The van der Waals surface area contributed by atoms with E-state index in [0.717, 1.165) is 26.2 Å². The van der Waals surface area contributed by atoms with Crippen molar-refractivity contribution in [3.8, 4) is 0 Å². The summed E-state index contributed by atoms with van der Waals surface area (Å²) >= 11 is 0. The Morgan fingerprint density at radius 1 is 0.786 bits per heavy atom. The van der Waals surface area contributed by atoms with Gasteiger partial charge in [-0.3, -0.25) is 0 Å². The molecule has 0 aromatic carbocycles. The third-order valence-electron chi connectivity index (χ3n) is 2.67. The summed E-state index contributed by atoms with van der Waals surface area (Å²) in [6.07, 6.45) is 4.91. The van der Waals surface area contributed by atoms with E-state index < -0.39 is 0 Å². The van der Waals surface area contributed by atoms with Crippen LogP contribution in [-0.4, -0.2) is 38.3 Å². The van der Waals surface area contributed by atoms with E-state index in [1.165, 1.54) is 25.7 Å². The van der Waals surface area contributed by atoms with Gasteiger partial charge in [0.2, 0.25) is 0 Å². The van der Waals surface area contributed by atoms with Crippen LogP contribution in [0, 0.1) is 0 Å². The number of nitrogens with one attached hydrogen (secondary N) is 2. The zero-order valence-electron chi connectivity index (χ0n) is 8.97. The van der Waals surface area contributed by atoms with Crippen LogP contribution >= 0.6 is 0 Å². The van der Waals surface area contributed by atoms with E-state index in [9.17, 15) is 0 Å². The van der Waals surface area contributed by atoms with Crippen LogP contribution < -0.4 is 22.1 Å². The zero-order valence-corrected chi connectivity index (χ0v) is 8.97. The largest absolute Gasteiger partial charge is 0.327 e. The molecule has 0 spiro atoms. The molecule has 0 radical (unpaired) electrons. The maximum absolute atomic E-state index is 5.57. The predicted molar refractivity (Wildman–Crippen MR) is 60.2 cm³/mol. The molecule has 2 rings (SSSR count). The molecule has 0 bridgehead atoms. The van der Waals surface area contributed by atoms with Crippen molar-refractivity contribution in [2.45, 2.75) is 37.8 Å². The predicted octanol–water partition coefficient (Wildman–Crippen LogP) is -0.606. The van der Waals surface area contributed by atoms with Gasteiger partial charge in [-0.1, -0.05) is 0 Å². The SMILES string of the molecule is NC1CCCNC1.NC1CCCNC1. The van der Waals surface area contributed by atoms with Gasteiger partial charge >= 0.3 is 0 Å². The second-order valence-electron chi connectivity index (χ2n) is 4.21. The summed E-state index contributed by atoms with van der Waals surface area (Å²) < 4.78 is 0. The van der Waals surface area contributed by atoms with Gasteiger partial charge in [-0.2, -0.15) is 0 Å². The molecule has 0 aromatic heterocycles. The van der Waals surface area contributed by atoms with Gasteiger partial charge in [0.1, 0.15) is 0 Å². The summed E-state index contributed by atoms with van der Waals surface area (Å²) in [6, 6.07) is 0.850. The molecule has 0 amide bonds. The molecule has 0 aliphatic carbocycles. The maximum Gasteiger partial charge on any atom is 0.0165 e. The van der Waals surface area contributed by atoms with Gasteiger partial charge in [0.05, 0.1) is 0 Å². The monoisotopic (exact) mass is 200 g/mol.